The number of ether oxygens (including phenoxy) is 2. The van der Waals surface area contributed by atoms with Gasteiger partial charge in [0.1, 0.15) is 36.0 Å². The van der Waals surface area contributed by atoms with E-state index < -0.39 is 0 Å². The summed E-state index contributed by atoms with van der Waals surface area (Å²) in [6, 6.07) is 30.0. The maximum Gasteiger partial charge on any atom is 0.150 e. The maximum atomic E-state index is 15.7. The highest BCUT2D eigenvalue weighted by Gasteiger charge is 2.55. The molecule has 8 saturated carbocycles. The Hall–Kier alpha value is -4.65. The van der Waals surface area contributed by atoms with Crippen molar-refractivity contribution in [2.75, 3.05) is 0 Å². The number of aromatic nitrogens is 1. The van der Waals surface area contributed by atoms with Crippen molar-refractivity contribution in [1.82, 2.24) is 5.16 Å². The van der Waals surface area contributed by atoms with Crippen LogP contribution in [-0.2, 0) is 24.0 Å². The van der Waals surface area contributed by atoms with Crippen molar-refractivity contribution in [3.63, 3.8) is 0 Å². The van der Waals surface area contributed by atoms with Gasteiger partial charge in [0.05, 0.1) is 6.21 Å². The van der Waals surface area contributed by atoms with Crippen LogP contribution >= 0.6 is 0 Å². The number of halogens is 1. The Balaban J connectivity index is 0.000000135. The summed E-state index contributed by atoms with van der Waals surface area (Å²) in [5.74, 6) is 7.25. The molecule has 8 aliphatic rings. The highest BCUT2D eigenvalue weighted by Crippen LogP contribution is 2.63. The van der Waals surface area contributed by atoms with Gasteiger partial charge in [0.2, 0.25) is 0 Å². The zero-order valence-electron chi connectivity index (χ0n) is 31.5. The Morgan fingerprint density at radius 2 is 1.20 bits per heavy atom. The fourth-order valence-corrected chi connectivity index (χ4v) is 13.0. The van der Waals surface area contributed by atoms with Crippen molar-refractivity contribution in [3.05, 3.63) is 125 Å². The van der Waals surface area contributed by atoms with Crippen LogP contribution in [0.15, 0.2) is 101 Å². The number of benzene rings is 4. The van der Waals surface area contributed by atoms with Crippen LogP contribution in [0.2, 0.25) is 0 Å². The van der Waals surface area contributed by atoms with E-state index in [4.69, 9.17) is 19.2 Å². The normalized spacial score (nSPS) is 31.1. The molecule has 0 radical (unpaired) electrons. The first-order chi connectivity index (χ1) is 26.9. The molecule has 284 valence electrons. The van der Waals surface area contributed by atoms with Crippen LogP contribution in [0, 0.1) is 41.3 Å². The van der Waals surface area contributed by atoms with E-state index in [2.05, 4.69) is 34.6 Å². The smallest absolute Gasteiger partial charge is 0.150 e. The standard InChI is InChI=1S/C24H26FNO2.C24H25NO2/c25-23-20(14-26-27)6-7-21(28-15-16-4-2-1-3-5-16)22(23)24-11-17-8-18(12-24)10-19(9-17)13-24;1-2-4-16(5-3-1)15-26-20-6-7-21-22(11-20)25-27-23(21)24-12-17-8-18(13-24)10-19(9-17)14-24/h1-7,14,17-19,27H,8-13,15H2;1-7,11,17-19H,8-10,12-15H2. The summed E-state index contributed by atoms with van der Waals surface area (Å²) >= 11 is 0. The van der Waals surface area contributed by atoms with Gasteiger partial charge in [-0.25, -0.2) is 4.39 Å². The minimum absolute atomic E-state index is 0.135. The quantitative estimate of drug-likeness (QED) is 0.0925. The monoisotopic (exact) mass is 738 g/mol. The van der Waals surface area contributed by atoms with Crippen LogP contribution in [0.25, 0.3) is 10.9 Å². The van der Waals surface area contributed by atoms with Gasteiger partial charge in [-0.3, -0.25) is 0 Å². The number of hydrogen-bond donors (Lipinski definition) is 1. The van der Waals surface area contributed by atoms with E-state index in [0.29, 0.717) is 42.3 Å². The van der Waals surface area contributed by atoms with Gasteiger partial charge in [0.25, 0.3) is 0 Å². The fourth-order valence-electron chi connectivity index (χ4n) is 13.0. The van der Waals surface area contributed by atoms with Crippen LogP contribution in [0.3, 0.4) is 0 Å². The summed E-state index contributed by atoms with van der Waals surface area (Å²) in [6.45, 7) is 0.999. The molecule has 0 amide bonds. The Labute approximate surface area is 323 Å². The first-order valence-electron chi connectivity index (χ1n) is 20.7. The molecule has 8 aliphatic carbocycles. The van der Waals surface area contributed by atoms with E-state index >= 15 is 4.39 Å². The fraction of sp³-hybridized carbons (Fsp3) is 0.458. The van der Waals surface area contributed by atoms with Gasteiger partial charge >= 0.3 is 0 Å². The molecule has 1 aromatic heterocycles. The average Bonchev–Trinajstić information content (AvgIpc) is 3.62. The zero-order valence-corrected chi connectivity index (χ0v) is 31.5. The summed E-state index contributed by atoms with van der Waals surface area (Å²) in [5, 5.41) is 17.7. The Morgan fingerprint density at radius 3 is 1.75 bits per heavy atom. The first-order valence-corrected chi connectivity index (χ1v) is 20.7. The SMILES string of the molecule is ON=Cc1ccc(OCc2ccccc2)c(C23CC4CC(CC(C4)C2)C3)c1F.c1ccc(COc2ccc3c(C45CC6CC(CC(C6)C4)C5)onc3c2)cc1. The second-order valence-electron chi connectivity index (χ2n) is 18.2. The maximum absolute atomic E-state index is 15.7. The second-order valence-corrected chi connectivity index (χ2v) is 18.2. The minimum atomic E-state index is -0.273. The Morgan fingerprint density at radius 1 is 0.673 bits per heavy atom. The summed E-state index contributed by atoms with van der Waals surface area (Å²) in [6.07, 6.45) is 16.5. The van der Waals surface area contributed by atoms with Crippen molar-refractivity contribution in [3.8, 4) is 11.5 Å². The average molecular weight is 739 g/mol. The van der Waals surface area contributed by atoms with E-state index in [9.17, 15) is 0 Å². The lowest BCUT2D eigenvalue weighted by Gasteiger charge is -2.57. The second kappa shape index (κ2) is 14.1. The summed E-state index contributed by atoms with van der Waals surface area (Å²) in [5.41, 5.74) is 4.35. The molecule has 8 bridgehead atoms. The van der Waals surface area contributed by atoms with Crippen molar-refractivity contribution < 1.29 is 23.6 Å². The van der Waals surface area contributed by atoms with Crippen LogP contribution in [0.4, 0.5) is 4.39 Å². The van der Waals surface area contributed by atoms with Crippen LogP contribution in [-0.4, -0.2) is 16.6 Å². The van der Waals surface area contributed by atoms with E-state index in [-0.39, 0.29) is 16.6 Å². The molecule has 7 heteroatoms. The number of oxime groups is 1. The third kappa shape index (κ3) is 6.61. The molecular weight excluding hydrogens is 688 g/mol. The molecule has 8 fully saturated rings. The van der Waals surface area contributed by atoms with Crippen molar-refractivity contribution in [1.29, 1.82) is 0 Å². The molecule has 0 aliphatic heterocycles. The Bertz CT molecular complexity index is 2110. The molecule has 1 N–H and O–H groups in total. The predicted octanol–water partition coefficient (Wildman–Crippen LogP) is 11.6. The van der Waals surface area contributed by atoms with E-state index in [0.717, 1.165) is 65.2 Å². The van der Waals surface area contributed by atoms with Gasteiger partial charge < -0.3 is 19.2 Å². The van der Waals surface area contributed by atoms with Crippen LogP contribution in [0.1, 0.15) is 105 Å². The molecule has 4 aromatic carbocycles. The molecule has 0 saturated heterocycles. The number of rotatable bonds is 9. The molecule has 5 aromatic rings. The molecular formula is C48H51FN2O4. The lowest BCUT2D eigenvalue weighted by molar-refractivity contribution is -0.0166. The molecule has 0 spiro atoms. The third-order valence-electron chi connectivity index (χ3n) is 14.4. The minimum Gasteiger partial charge on any atom is -0.489 e. The lowest BCUT2D eigenvalue weighted by Crippen LogP contribution is -2.49. The first kappa shape index (κ1) is 34.8. The van der Waals surface area contributed by atoms with Crippen molar-refractivity contribution in [2.24, 2.45) is 40.7 Å². The van der Waals surface area contributed by atoms with Gasteiger partial charge in [-0.1, -0.05) is 71.0 Å². The topological polar surface area (TPSA) is 77.1 Å². The summed E-state index contributed by atoms with van der Waals surface area (Å²) in [4.78, 5) is 0. The molecule has 0 unspecified atom stereocenters. The van der Waals surface area contributed by atoms with E-state index in [1.807, 2.05) is 60.7 Å². The predicted molar refractivity (Wildman–Crippen MR) is 211 cm³/mol. The summed E-state index contributed by atoms with van der Waals surface area (Å²) in [7, 11) is 0. The van der Waals surface area contributed by atoms with Crippen LogP contribution in [0.5, 0.6) is 11.5 Å². The zero-order chi connectivity index (χ0) is 37.0. The van der Waals surface area contributed by atoms with E-state index in [1.54, 1.807) is 6.07 Å². The van der Waals surface area contributed by atoms with Crippen molar-refractivity contribution in [2.45, 2.75) is 101 Å². The number of fused-ring (bicyclic) bond motifs is 1. The molecule has 0 atom stereocenters. The Kier molecular flexibility index (Phi) is 8.95. The number of hydrogen-bond acceptors (Lipinski definition) is 6. The van der Waals surface area contributed by atoms with Gasteiger partial charge in [-0.15, -0.1) is 0 Å². The summed E-state index contributed by atoms with van der Waals surface area (Å²) < 4.78 is 33.8. The molecule has 13 rings (SSSR count). The molecule has 6 nitrogen and oxygen atoms in total. The van der Waals surface area contributed by atoms with Gasteiger partial charge in [-0.2, -0.15) is 0 Å². The largest absolute Gasteiger partial charge is 0.489 e. The number of nitrogens with zero attached hydrogens (tertiary/aromatic N) is 2. The molecule has 55 heavy (non-hydrogen) atoms. The highest BCUT2D eigenvalue weighted by molar-refractivity contribution is 5.83. The van der Waals surface area contributed by atoms with E-state index in [1.165, 1.54) is 75.0 Å². The van der Waals surface area contributed by atoms with Gasteiger partial charge in [0.15, 0.2) is 5.76 Å². The third-order valence-corrected chi connectivity index (χ3v) is 14.4. The van der Waals surface area contributed by atoms with Gasteiger partial charge in [-0.05, 0) is 148 Å². The lowest BCUT2D eigenvalue weighted by atomic mass is 9.48. The van der Waals surface area contributed by atoms with Crippen LogP contribution < -0.4 is 9.47 Å². The van der Waals surface area contributed by atoms with Gasteiger partial charge in [0, 0.05) is 33.4 Å². The van der Waals surface area contributed by atoms with Crippen molar-refractivity contribution >= 4 is 17.1 Å². The highest BCUT2D eigenvalue weighted by atomic mass is 19.1. The molecule has 1 heterocycles.